The molecule has 0 aliphatic rings. The molecule has 96 valence electrons. The van der Waals surface area contributed by atoms with Crippen LogP contribution in [0.1, 0.15) is 16.5 Å². The fourth-order valence-electron chi connectivity index (χ4n) is 1.68. The van der Waals surface area contributed by atoms with E-state index in [-0.39, 0.29) is 0 Å². The van der Waals surface area contributed by atoms with Gasteiger partial charge in [0, 0.05) is 18.0 Å². The van der Waals surface area contributed by atoms with Crippen LogP contribution in [0.15, 0.2) is 41.8 Å². The number of aliphatic hydroxyl groups excluding tert-OH is 1. The fraction of sp³-hybridized carbons (Fsp3) is 0.286. The second-order valence-corrected chi connectivity index (χ2v) is 4.99. The topological polar surface area (TPSA) is 41.5 Å². The van der Waals surface area contributed by atoms with Crippen LogP contribution in [0.4, 0.5) is 0 Å². The largest absolute Gasteiger partial charge is 0.497 e. The van der Waals surface area contributed by atoms with Crippen molar-refractivity contribution in [3.05, 3.63) is 52.2 Å². The van der Waals surface area contributed by atoms with E-state index >= 15 is 0 Å². The number of ether oxygens (including phenoxy) is 1. The summed E-state index contributed by atoms with van der Waals surface area (Å²) in [5.41, 5.74) is 1.18. The quantitative estimate of drug-likeness (QED) is 0.841. The highest BCUT2D eigenvalue weighted by Crippen LogP contribution is 2.18. The number of hydrogen-bond donors (Lipinski definition) is 2. The Morgan fingerprint density at radius 1 is 1.28 bits per heavy atom. The van der Waals surface area contributed by atoms with Crippen LogP contribution < -0.4 is 10.1 Å². The summed E-state index contributed by atoms with van der Waals surface area (Å²) in [6, 6.07) is 11.8. The third-order valence-corrected chi connectivity index (χ3v) is 3.67. The molecule has 2 rings (SSSR count). The highest BCUT2D eigenvalue weighted by atomic mass is 32.1. The van der Waals surface area contributed by atoms with Crippen molar-refractivity contribution in [2.45, 2.75) is 12.6 Å². The fourth-order valence-corrected chi connectivity index (χ4v) is 2.39. The lowest BCUT2D eigenvalue weighted by molar-refractivity contribution is 0.178. The Morgan fingerprint density at radius 2 is 2.06 bits per heavy atom. The van der Waals surface area contributed by atoms with E-state index in [1.807, 2.05) is 41.8 Å². The van der Waals surface area contributed by atoms with Crippen LogP contribution in [0.25, 0.3) is 0 Å². The second kappa shape index (κ2) is 6.54. The Kier molecular flexibility index (Phi) is 4.75. The third kappa shape index (κ3) is 3.57. The molecule has 1 aromatic heterocycles. The van der Waals surface area contributed by atoms with Gasteiger partial charge in [-0.2, -0.15) is 0 Å². The van der Waals surface area contributed by atoms with Crippen molar-refractivity contribution in [1.29, 1.82) is 0 Å². The zero-order valence-corrected chi connectivity index (χ0v) is 11.1. The summed E-state index contributed by atoms with van der Waals surface area (Å²) in [6.45, 7) is 1.30. The molecule has 2 N–H and O–H groups in total. The van der Waals surface area contributed by atoms with Crippen molar-refractivity contribution in [2.75, 3.05) is 13.7 Å². The maximum atomic E-state index is 9.90. The predicted molar refractivity (Wildman–Crippen MR) is 74.0 cm³/mol. The van der Waals surface area contributed by atoms with E-state index in [4.69, 9.17) is 4.74 Å². The minimum Gasteiger partial charge on any atom is -0.497 e. The molecular formula is C14H17NO2S. The molecule has 0 aliphatic heterocycles. The average molecular weight is 263 g/mol. The van der Waals surface area contributed by atoms with Crippen LogP contribution >= 0.6 is 11.3 Å². The van der Waals surface area contributed by atoms with Crippen molar-refractivity contribution >= 4 is 11.3 Å². The van der Waals surface area contributed by atoms with Gasteiger partial charge in [-0.05, 0) is 29.1 Å². The minimum absolute atomic E-state index is 0.428. The summed E-state index contributed by atoms with van der Waals surface area (Å²) in [5.74, 6) is 0.859. The lowest BCUT2D eigenvalue weighted by Gasteiger charge is -2.10. The minimum atomic E-state index is -0.428. The van der Waals surface area contributed by atoms with Crippen molar-refractivity contribution < 1.29 is 9.84 Å². The molecule has 18 heavy (non-hydrogen) atoms. The molecule has 1 atom stereocenters. The maximum Gasteiger partial charge on any atom is 0.118 e. The van der Waals surface area contributed by atoms with Crippen molar-refractivity contribution in [3.63, 3.8) is 0 Å². The van der Waals surface area contributed by atoms with Crippen LogP contribution in [-0.2, 0) is 6.54 Å². The van der Waals surface area contributed by atoms with E-state index in [0.29, 0.717) is 6.54 Å². The number of aliphatic hydroxyl groups is 1. The Labute approximate surface area is 111 Å². The number of thiophene rings is 1. The average Bonchev–Trinajstić information content (AvgIpc) is 2.93. The van der Waals surface area contributed by atoms with Gasteiger partial charge in [0.2, 0.25) is 0 Å². The molecule has 0 aliphatic carbocycles. The van der Waals surface area contributed by atoms with E-state index in [1.165, 1.54) is 5.56 Å². The predicted octanol–water partition coefficient (Wildman–Crippen LogP) is 2.58. The zero-order chi connectivity index (χ0) is 12.8. The lowest BCUT2D eigenvalue weighted by Crippen LogP contribution is -2.20. The summed E-state index contributed by atoms with van der Waals surface area (Å²) in [6.07, 6.45) is -0.428. The summed E-state index contributed by atoms with van der Waals surface area (Å²) < 4.78 is 5.10. The van der Waals surface area contributed by atoms with Crippen LogP contribution in [0.5, 0.6) is 5.75 Å². The van der Waals surface area contributed by atoms with Crippen LogP contribution in [-0.4, -0.2) is 18.8 Å². The number of hydrogen-bond acceptors (Lipinski definition) is 4. The summed E-state index contributed by atoms with van der Waals surface area (Å²) >= 11 is 1.58. The first kappa shape index (κ1) is 13.1. The molecule has 4 heteroatoms. The van der Waals surface area contributed by atoms with Gasteiger partial charge in [0.1, 0.15) is 11.9 Å². The number of methoxy groups -OCH3 is 1. The molecule has 0 spiro atoms. The summed E-state index contributed by atoms with van der Waals surface area (Å²) in [5, 5.41) is 15.1. The molecule has 1 heterocycles. The van der Waals surface area contributed by atoms with Crippen molar-refractivity contribution in [1.82, 2.24) is 5.32 Å². The number of rotatable bonds is 6. The molecule has 1 aromatic carbocycles. The number of benzene rings is 1. The van der Waals surface area contributed by atoms with Crippen molar-refractivity contribution in [3.8, 4) is 5.75 Å². The molecule has 2 aromatic rings. The highest BCUT2D eigenvalue weighted by molar-refractivity contribution is 7.10. The smallest absolute Gasteiger partial charge is 0.118 e. The van der Waals surface area contributed by atoms with Gasteiger partial charge < -0.3 is 15.2 Å². The van der Waals surface area contributed by atoms with E-state index in [2.05, 4.69) is 5.32 Å². The lowest BCUT2D eigenvalue weighted by atomic mass is 10.2. The number of nitrogens with one attached hydrogen (secondary N) is 1. The molecule has 0 bridgehead atoms. The third-order valence-electron chi connectivity index (χ3n) is 2.70. The van der Waals surface area contributed by atoms with Gasteiger partial charge in [-0.3, -0.25) is 0 Å². The van der Waals surface area contributed by atoms with Gasteiger partial charge in [-0.15, -0.1) is 11.3 Å². The Morgan fingerprint density at radius 3 is 2.67 bits per heavy atom. The molecule has 0 saturated heterocycles. The maximum absolute atomic E-state index is 9.90. The second-order valence-electron chi connectivity index (χ2n) is 4.01. The molecule has 0 amide bonds. The first-order chi connectivity index (χ1) is 8.79. The highest BCUT2D eigenvalue weighted by Gasteiger charge is 2.07. The summed E-state index contributed by atoms with van der Waals surface area (Å²) in [4.78, 5) is 0.997. The Bertz CT molecular complexity index is 453. The molecular weight excluding hydrogens is 246 g/mol. The van der Waals surface area contributed by atoms with Crippen LogP contribution in [0.3, 0.4) is 0 Å². The van der Waals surface area contributed by atoms with Gasteiger partial charge in [-0.25, -0.2) is 0 Å². The SMILES string of the molecule is COc1ccc(CNCC(O)c2cccs2)cc1. The van der Waals surface area contributed by atoms with Gasteiger partial charge in [0.25, 0.3) is 0 Å². The van der Waals surface area contributed by atoms with E-state index in [0.717, 1.165) is 17.2 Å². The molecule has 0 saturated carbocycles. The van der Waals surface area contributed by atoms with Gasteiger partial charge in [0.05, 0.1) is 7.11 Å². The molecule has 0 fully saturated rings. The van der Waals surface area contributed by atoms with Gasteiger partial charge in [0.15, 0.2) is 0 Å². The zero-order valence-electron chi connectivity index (χ0n) is 10.3. The van der Waals surface area contributed by atoms with E-state index in [9.17, 15) is 5.11 Å². The Balaban J connectivity index is 1.77. The van der Waals surface area contributed by atoms with Gasteiger partial charge >= 0.3 is 0 Å². The van der Waals surface area contributed by atoms with Crippen molar-refractivity contribution in [2.24, 2.45) is 0 Å². The van der Waals surface area contributed by atoms with Gasteiger partial charge in [-0.1, -0.05) is 18.2 Å². The first-order valence-electron chi connectivity index (χ1n) is 5.84. The summed E-state index contributed by atoms with van der Waals surface area (Å²) in [7, 11) is 1.66. The van der Waals surface area contributed by atoms with Crippen LogP contribution in [0, 0.1) is 0 Å². The van der Waals surface area contributed by atoms with Crippen LogP contribution in [0.2, 0.25) is 0 Å². The molecule has 3 nitrogen and oxygen atoms in total. The standard InChI is InChI=1S/C14H17NO2S/c1-17-12-6-4-11(5-7-12)9-15-10-13(16)14-3-2-8-18-14/h2-8,13,15-16H,9-10H2,1H3. The van der Waals surface area contributed by atoms with E-state index in [1.54, 1.807) is 18.4 Å². The molecule has 1 unspecified atom stereocenters. The normalized spacial score (nSPS) is 12.3. The molecule has 0 radical (unpaired) electrons. The first-order valence-corrected chi connectivity index (χ1v) is 6.72. The Hall–Kier alpha value is -1.36. The van der Waals surface area contributed by atoms with E-state index < -0.39 is 6.10 Å². The monoisotopic (exact) mass is 263 g/mol.